The fraction of sp³-hybridized carbons (Fsp3) is 0.263. The molecule has 164 valence electrons. The third kappa shape index (κ3) is 4.39. The topological polar surface area (TPSA) is 136 Å². The van der Waals surface area contributed by atoms with E-state index in [9.17, 15) is 22.4 Å². The summed E-state index contributed by atoms with van der Waals surface area (Å²) < 4.78 is 37.8. The molecule has 0 radical (unpaired) electrons. The lowest BCUT2D eigenvalue weighted by molar-refractivity contribution is -0.131. The van der Waals surface area contributed by atoms with Crippen molar-refractivity contribution in [2.75, 3.05) is 6.26 Å². The molecule has 1 aromatic carbocycles. The lowest BCUT2D eigenvalue weighted by Crippen LogP contribution is -2.50. The van der Waals surface area contributed by atoms with Crippen LogP contribution in [0.4, 0.5) is 4.39 Å². The number of sulfone groups is 1. The van der Waals surface area contributed by atoms with Crippen molar-refractivity contribution in [3.63, 3.8) is 0 Å². The van der Waals surface area contributed by atoms with E-state index < -0.39 is 31.9 Å². The number of halogens is 1. The number of pyridine rings is 1. The van der Waals surface area contributed by atoms with Crippen LogP contribution in [0.3, 0.4) is 0 Å². The van der Waals surface area contributed by atoms with E-state index in [1.54, 1.807) is 24.3 Å². The zero-order valence-electron chi connectivity index (χ0n) is 16.7. The standard InChI is InChI=1S/C19H20FN5O5S/c1-19(18(27)23-28,31(2,29)30)7-10-24-12-16(20)15(11-17(24)26)13-3-5-14(6-4-13)25-21-8-9-22-25/h3-6,8-9,11-12,28H,7,10H2,1-2H3,(H,23,27)/t19-/m1/s1. The average molecular weight is 449 g/mol. The van der Waals surface area contributed by atoms with Crippen LogP contribution in [0.5, 0.6) is 0 Å². The number of nitrogens with zero attached hydrogens (tertiary/aromatic N) is 4. The highest BCUT2D eigenvalue weighted by Crippen LogP contribution is 2.24. The minimum Gasteiger partial charge on any atom is -0.312 e. The minimum atomic E-state index is -3.94. The zero-order valence-corrected chi connectivity index (χ0v) is 17.5. The van der Waals surface area contributed by atoms with Gasteiger partial charge in [0, 0.05) is 30.6 Å². The van der Waals surface area contributed by atoms with Crippen LogP contribution < -0.4 is 11.0 Å². The molecule has 3 aromatic rings. The van der Waals surface area contributed by atoms with Gasteiger partial charge in [0.1, 0.15) is 5.82 Å². The zero-order chi connectivity index (χ0) is 22.8. The largest absolute Gasteiger partial charge is 0.312 e. The van der Waals surface area contributed by atoms with Crippen molar-refractivity contribution in [3.8, 4) is 16.8 Å². The van der Waals surface area contributed by atoms with E-state index in [-0.39, 0.29) is 18.5 Å². The first kappa shape index (κ1) is 22.3. The highest BCUT2D eigenvalue weighted by molar-refractivity contribution is 7.92. The lowest BCUT2D eigenvalue weighted by Gasteiger charge is -2.25. The van der Waals surface area contributed by atoms with Gasteiger partial charge in [-0.1, -0.05) is 12.1 Å². The predicted molar refractivity (Wildman–Crippen MR) is 109 cm³/mol. The van der Waals surface area contributed by atoms with E-state index in [1.165, 1.54) is 22.7 Å². The third-order valence-electron chi connectivity index (χ3n) is 5.14. The van der Waals surface area contributed by atoms with Crippen molar-refractivity contribution in [1.82, 2.24) is 25.0 Å². The van der Waals surface area contributed by atoms with Gasteiger partial charge in [0.2, 0.25) is 0 Å². The first-order chi connectivity index (χ1) is 14.6. The van der Waals surface area contributed by atoms with Gasteiger partial charge in [-0.3, -0.25) is 14.8 Å². The minimum absolute atomic E-state index is 0.0696. The van der Waals surface area contributed by atoms with E-state index in [1.807, 2.05) is 0 Å². The maximum absolute atomic E-state index is 14.7. The summed E-state index contributed by atoms with van der Waals surface area (Å²) in [6.07, 6.45) is 4.50. The summed E-state index contributed by atoms with van der Waals surface area (Å²) in [5.74, 6) is -1.83. The molecule has 2 aromatic heterocycles. The molecule has 0 bridgehead atoms. The number of nitrogens with one attached hydrogen (secondary N) is 1. The Labute approximate surface area is 176 Å². The molecule has 1 atom stereocenters. The van der Waals surface area contributed by atoms with E-state index in [4.69, 9.17) is 5.21 Å². The fourth-order valence-corrected chi connectivity index (χ4v) is 3.83. The van der Waals surface area contributed by atoms with Crippen LogP contribution >= 0.6 is 0 Å². The van der Waals surface area contributed by atoms with Crippen molar-refractivity contribution in [2.45, 2.75) is 24.6 Å². The van der Waals surface area contributed by atoms with E-state index in [0.29, 0.717) is 11.3 Å². The SMILES string of the molecule is C[C@@](CCn1cc(F)c(-c2ccc(-n3nccn3)cc2)cc1=O)(C(=O)NO)S(C)(=O)=O. The molecule has 31 heavy (non-hydrogen) atoms. The van der Waals surface area contributed by atoms with Crippen LogP contribution in [-0.4, -0.2) is 50.1 Å². The molecule has 2 heterocycles. The molecule has 0 aliphatic carbocycles. The Bertz CT molecular complexity index is 1260. The van der Waals surface area contributed by atoms with Gasteiger partial charge in [0.25, 0.3) is 11.5 Å². The second-order valence-corrected chi connectivity index (χ2v) is 9.57. The van der Waals surface area contributed by atoms with Gasteiger partial charge in [0.05, 0.1) is 18.1 Å². The number of carbonyl (C=O) groups is 1. The van der Waals surface area contributed by atoms with Gasteiger partial charge in [-0.25, -0.2) is 18.3 Å². The van der Waals surface area contributed by atoms with Crippen molar-refractivity contribution >= 4 is 15.7 Å². The first-order valence-corrected chi connectivity index (χ1v) is 11.0. The average Bonchev–Trinajstić information content (AvgIpc) is 3.27. The molecule has 12 heteroatoms. The normalized spacial score (nSPS) is 13.5. The van der Waals surface area contributed by atoms with Crippen LogP contribution in [0.25, 0.3) is 16.8 Å². The molecule has 0 saturated heterocycles. The molecule has 10 nitrogen and oxygen atoms in total. The molecule has 0 unspecified atom stereocenters. The number of hydrogen-bond acceptors (Lipinski definition) is 7. The van der Waals surface area contributed by atoms with Gasteiger partial charge in [0.15, 0.2) is 14.6 Å². The number of amides is 1. The first-order valence-electron chi connectivity index (χ1n) is 9.08. The maximum Gasteiger partial charge on any atom is 0.264 e. The second-order valence-electron chi connectivity index (χ2n) is 7.13. The van der Waals surface area contributed by atoms with Crippen molar-refractivity contribution in [2.24, 2.45) is 0 Å². The molecule has 3 rings (SSSR count). The molecular weight excluding hydrogens is 429 g/mol. The summed E-state index contributed by atoms with van der Waals surface area (Å²) in [7, 11) is -3.94. The van der Waals surface area contributed by atoms with Crippen molar-refractivity contribution < 1.29 is 22.8 Å². The second kappa shape index (κ2) is 8.40. The lowest BCUT2D eigenvalue weighted by atomic mass is 10.0. The third-order valence-corrected chi connectivity index (χ3v) is 7.16. The van der Waals surface area contributed by atoms with E-state index in [2.05, 4.69) is 10.2 Å². The van der Waals surface area contributed by atoms with Gasteiger partial charge < -0.3 is 4.57 Å². The Kier molecular flexibility index (Phi) is 6.04. The summed E-state index contributed by atoms with van der Waals surface area (Å²) in [5, 5.41) is 16.9. The fourth-order valence-electron chi connectivity index (χ4n) is 2.98. The van der Waals surface area contributed by atoms with Crippen molar-refractivity contribution in [3.05, 3.63) is 65.1 Å². The monoisotopic (exact) mass is 449 g/mol. The quantitative estimate of drug-likeness (QED) is 0.405. The summed E-state index contributed by atoms with van der Waals surface area (Å²) >= 11 is 0. The Morgan fingerprint density at radius 2 is 1.84 bits per heavy atom. The van der Waals surface area contributed by atoms with Crippen LogP contribution in [0.2, 0.25) is 0 Å². The summed E-state index contributed by atoms with van der Waals surface area (Å²) in [5.41, 5.74) is 1.94. The molecular formula is C19H20FN5O5S. The van der Waals surface area contributed by atoms with E-state index >= 15 is 0 Å². The smallest absolute Gasteiger partial charge is 0.264 e. The molecule has 0 spiro atoms. The van der Waals surface area contributed by atoms with Crippen LogP contribution in [0, 0.1) is 5.82 Å². The predicted octanol–water partition coefficient (Wildman–Crippen LogP) is 0.934. The highest BCUT2D eigenvalue weighted by atomic mass is 32.2. The molecule has 0 fully saturated rings. The number of carbonyl (C=O) groups excluding carboxylic acids is 1. The molecule has 0 saturated carbocycles. The van der Waals surface area contributed by atoms with Gasteiger partial charge >= 0.3 is 0 Å². The summed E-state index contributed by atoms with van der Waals surface area (Å²) in [6.45, 7) is 0.872. The van der Waals surface area contributed by atoms with Gasteiger partial charge in [-0.2, -0.15) is 15.0 Å². The molecule has 0 aliphatic heterocycles. The Balaban J connectivity index is 1.87. The molecule has 1 amide bonds. The molecule has 2 N–H and O–H groups in total. The van der Waals surface area contributed by atoms with Crippen molar-refractivity contribution in [1.29, 1.82) is 0 Å². The Morgan fingerprint density at radius 3 is 2.39 bits per heavy atom. The van der Waals surface area contributed by atoms with E-state index in [0.717, 1.165) is 30.0 Å². The summed E-state index contributed by atoms with van der Waals surface area (Å²) in [6, 6.07) is 7.68. The number of benzene rings is 1. The Hall–Kier alpha value is -3.38. The van der Waals surface area contributed by atoms with Gasteiger partial charge in [-0.05, 0) is 31.0 Å². The van der Waals surface area contributed by atoms with Crippen LogP contribution in [0.15, 0.2) is 53.7 Å². The summed E-state index contributed by atoms with van der Waals surface area (Å²) in [4.78, 5) is 25.8. The number of rotatable bonds is 7. The van der Waals surface area contributed by atoms with Gasteiger partial charge in [-0.15, -0.1) is 0 Å². The number of hydrogen-bond donors (Lipinski definition) is 2. The van der Waals surface area contributed by atoms with Crippen LogP contribution in [0.1, 0.15) is 13.3 Å². The van der Waals surface area contributed by atoms with Crippen LogP contribution in [-0.2, 0) is 21.2 Å². The number of aryl methyl sites for hydroxylation is 1. The highest BCUT2D eigenvalue weighted by Gasteiger charge is 2.43. The number of aromatic nitrogens is 4. The Morgan fingerprint density at radius 1 is 1.23 bits per heavy atom. The number of hydroxylamine groups is 1. The molecule has 0 aliphatic rings. The maximum atomic E-state index is 14.7.